The maximum absolute atomic E-state index is 11.5. The Hall–Kier alpha value is -3.14. The molecule has 0 unspecified atom stereocenters. The fourth-order valence-corrected chi connectivity index (χ4v) is 1.69. The minimum atomic E-state index is -0.327. The van der Waals surface area contributed by atoms with Gasteiger partial charge in [-0.05, 0) is 44.2 Å². The van der Waals surface area contributed by atoms with E-state index in [1.807, 2.05) is 19.9 Å². The van der Waals surface area contributed by atoms with Crippen molar-refractivity contribution in [2.45, 2.75) is 19.9 Å². The average molecular weight is 296 g/mol. The number of rotatable bonds is 4. The van der Waals surface area contributed by atoms with Gasteiger partial charge < -0.3 is 10.6 Å². The molecule has 112 valence electrons. The first kappa shape index (κ1) is 15.3. The number of hydrogen-bond acceptors (Lipinski definition) is 5. The lowest BCUT2D eigenvalue weighted by molar-refractivity contribution is 0.250. The third-order valence-electron chi connectivity index (χ3n) is 2.59. The van der Waals surface area contributed by atoms with Gasteiger partial charge in [-0.2, -0.15) is 5.26 Å². The summed E-state index contributed by atoms with van der Waals surface area (Å²) < 4.78 is 0. The van der Waals surface area contributed by atoms with Crippen LogP contribution in [0.3, 0.4) is 0 Å². The van der Waals surface area contributed by atoms with Gasteiger partial charge in [-0.3, -0.25) is 5.32 Å². The second-order valence-corrected chi connectivity index (χ2v) is 4.87. The fourth-order valence-electron chi connectivity index (χ4n) is 1.69. The average Bonchev–Trinajstić information content (AvgIpc) is 2.48. The van der Waals surface area contributed by atoms with Gasteiger partial charge in [-0.25, -0.2) is 4.79 Å². The summed E-state index contributed by atoms with van der Waals surface area (Å²) in [4.78, 5) is 11.5. The highest BCUT2D eigenvalue weighted by Crippen LogP contribution is 2.15. The van der Waals surface area contributed by atoms with Crippen molar-refractivity contribution in [2.24, 2.45) is 0 Å². The van der Waals surface area contributed by atoms with E-state index in [0.717, 1.165) is 5.69 Å². The maximum Gasteiger partial charge on any atom is 0.320 e. The molecule has 2 amide bonds. The molecule has 7 heteroatoms. The smallest absolute Gasteiger partial charge is 0.320 e. The van der Waals surface area contributed by atoms with Crippen LogP contribution in [0.4, 0.5) is 22.1 Å². The molecular weight excluding hydrogens is 280 g/mol. The zero-order valence-corrected chi connectivity index (χ0v) is 12.3. The standard InChI is InChI=1S/C15H16N6O/c1-10(2)17-15(22)19-14-7-6-13(20-21-14)18-12-5-3-4-11(8-12)9-16/h3-8,10H,1-2H3,(H,18,20)(H2,17,19,21,22). The first-order chi connectivity index (χ1) is 10.6. The molecule has 22 heavy (non-hydrogen) atoms. The number of hydrogen-bond donors (Lipinski definition) is 3. The minimum absolute atomic E-state index is 0.0429. The lowest BCUT2D eigenvalue weighted by Gasteiger charge is -2.09. The highest BCUT2D eigenvalue weighted by atomic mass is 16.2. The topological polar surface area (TPSA) is 103 Å². The molecule has 2 rings (SSSR count). The molecule has 0 radical (unpaired) electrons. The molecule has 0 atom stereocenters. The number of aromatic nitrogens is 2. The second kappa shape index (κ2) is 7.04. The quantitative estimate of drug-likeness (QED) is 0.804. The van der Waals surface area contributed by atoms with Crippen molar-refractivity contribution in [1.82, 2.24) is 15.5 Å². The molecule has 3 N–H and O–H groups in total. The number of urea groups is 1. The van der Waals surface area contributed by atoms with Crippen LogP contribution in [0.5, 0.6) is 0 Å². The van der Waals surface area contributed by atoms with E-state index in [1.54, 1.807) is 30.3 Å². The molecule has 0 saturated carbocycles. The van der Waals surface area contributed by atoms with Crippen LogP contribution in [-0.2, 0) is 0 Å². The van der Waals surface area contributed by atoms with Gasteiger partial charge in [0.15, 0.2) is 11.6 Å². The van der Waals surface area contributed by atoms with Gasteiger partial charge in [-0.15, -0.1) is 10.2 Å². The van der Waals surface area contributed by atoms with E-state index in [1.165, 1.54) is 0 Å². The van der Waals surface area contributed by atoms with Gasteiger partial charge in [0.05, 0.1) is 11.6 Å². The van der Waals surface area contributed by atoms with Gasteiger partial charge in [0.25, 0.3) is 0 Å². The molecule has 0 saturated heterocycles. The summed E-state index contributed by atoms with van der Waals surface area (Å²) in [5.74, 6) is 0.874. The summed E-state index contributed by atoms with van der Waals surface area (Å²) in [6.45, 7) is 3.74. The van der Waals surface area contributed by atoms with Gasteiger partial charge >= 0.3 is 6.03 Å². The van der Waals surface area contributed by atoms with Crippen molar-refractivity contribution >= 4 is 23.4 Å². The van der Waals surface area contributed by atoms with Gasteiger partial charge in [0.2, 0.25) is 0 Å². The third-order valence-corrected chi connectivity index (χ3v) is 2.59. The summed E-state index contributed by atoms with van der Waals surface area (Å²) in [5, 5.41) is 25.1. The van der Waals surface area contributed by atoms with Gasteiger partial charge in [0, 0.05) is 11.7 Å². The molecule has 0 bridgehead atoms. The van der Waals surface area contributed by atoms with Crippen molar-refractivity contribution in [1.29, 1.82) is 5.26 Å². The van der Waals surface area contributed by atoms with Crippen molar-refractivity contribution < 1.29 is 4.79 Å². The van der Waals surface area contributed by atoms with Crippen LogP contribution >= 0.6 is 0 Å². The van der Waals surface area contributed by atoms with E-state index in [9.17, 15) is 4.79 Å². The van der Waals surface area contributed by atoms with Crippen LogP contribution < -0.4 is 16.0 Å². The first-order valence-electron chi connectivity index (χ1n) is 6.75. The zero-order chi connectivity index (χ0) is 15.9. The lowest BCUT2D eigenvalue weighted by atomic mass is 10.2. The molecule has 2 aromatic rings. The number of nitrogens with zero attached hydrogens (tertiary/aromatic N) is 3. The van der Waals surface area contributed by atoms with Gasteiger partial charge in [-0.1, -0.05) is 6.07 Å². The molecule has 1 aromatic carbocycles. The molecular formula is C15H16N6O. The zero-order valence-electron chi connectivity index (χ0n) is 12.3. The van der Waals surface area contributed by atoms with Crippen LogP contribution in [0.25, 0.3) is 0 Å². The van der Waals surface area contributed by atoms with E-state index in [2.05, 4.69) is 32.2 Å². The number of benzene rings is 1. The number of anilines is 3. The summed E-state index contributed by atoms with van der Waals surface area (Å²) in [6.07, 6.45) is 0. The molecule has 0 aliphatic rings. The summed E-state index contributed by atoms with van der Waals surface area (Å²) in [6, 6.07) is 12.2. The Bertz CT molecular complexity index is 690. The largest absolute Gasteiger partial charge is 0.339 e. The number of nitrogens with one attached hydrogen (secondary N) is 3. The molecule has 0 spiro atoms. The summed E-state index contributed by atoms with van der Waals surface area (Å²) in [7, 11) is 0. The van der Waals surface area contributed by atoms with E-state index in [4.69, 9.17) is 5.26 Å². The minimum Gasteiger partial charge on any atom is -0.339 e. The van der Waals surface area contributed by atoms with E-state index < -0.39 is 0 Å². The van der Waals surface area contributed by atoms with E-state index in [0.29, 0.717) is 17.2 Å². The third kappa shape index (κ3) is 4.45. The lowest BCUT2D eigenvalue weighted by Crippen LogP contribution is -2.34. The number of carbonyl (C=O) groups excluding carboxylic acids is 1. The maximum atomic E-state index is 11.5. The Morgan fingerprint density at radius 2 is 1.91 bits per heavy atom. The van der Waals surface area contributed by atoms with Crippen molar-refractivity contribution in [3.63, 3.8) is 0 Å². The Morgan fingerprint density at radius 3 is 2.55 bits per heavy atom. The molecule has 1 heterocycles. The highest BCUT2D eigenvalue weighted by molar-refractivity contribution is 5.88. The van der Waals surface area contributed by atoms with Crippen LogP contribution in [0, 0.1) is 11.3 Å². The van der Waals surface area contributed by atoms with Gasteiger partial charge in [0.1, 0.15) is 0 Å². The molecule has 7 nitrogen and oxygen atoms in total. The first-order valence-corrected chi connectivity index (χ1v) is 6.75. The molecule has 0 aliphatic carbocycles. The predicted molar refractivity (Wildman–Crippen MR) is 83.8 cm³/mol. The molecule has 0 aliphatic heterocycles. The second-order valence-electron chi connectivity index (χ2n) is 4.87. The molecule has 0 fully saturated rings. The number of carbonyl (C=O) groups is 1. The predicted octanol–water partition coefficient (Wildman–Crippen LogP) is 2.62. The fraction of sp³-hybridized carbons (Fsp3) is 0.200. The Kier molecular flexibility index (Phi) is 4.88. The van der Waals surface area contributed by atoms with Crippen molar-refractivity contribution in [3.05, 3.63) is 42.0 Å². The van der Waals surface area contributed by atoms with E-state index in [-0.39, 0.29) is 12.1 Å². The summed E-state index contributed by atoms with van der Waals surface area (Å²) >= 11 is 0. The van der Waals surface area contributed by atoms with Crippen LogP contribution in [0.1, 0.15) is 19.4 Å². The normalized spacial score (nSPS) is 9.91. The number of amides is 2. The highest BCUT2D eigenvalue weighted by Gasteiger charge is 2.05. The van der Waals surface area contributed by atoms with E-state index >= 15 is 0 Å². The van der Waals surface area contributed by atoms with Crippen LogP contribution in [0.15, 0.2) is 36.4 Å². The monoisotopic (exact) mass is 296 g/mol. The number of nitriles is 1. The Labute approximate surface area is 128 Å². The van der Waals surface area contributed by atoms with Crippen molar-refractivity contribution in [3.8, 4) is 6.07 Å². The van der Waals surface area contributed by atoms with Crippen LogP contribution in [-0.4, -0.2) is 22.3 Å². The Morgan fingerprint density at radius 1 is 1.18 bits per heavy atom. The SMILES string of the molecule is CC(C)NC(=O)Nc1ccc(Nc2cccc(C#N)c2)nn1. The summed E-state index contributed by atoms with van der Waals surface area (Å²) in [5.41, 5.74) is 1.30. The Balaban J connectivity index is 2.00. The molecule has 1 aromatic heterocycles. The van der Waals surface area contributed by atoms with Crippen molar-refractivity contribution in [2.75, 3.05) is 10.6 Å². The van der Waals surface area contributed by atoms with Crippen LogP contribution in [0.2, 0.25) is 0 Å².